The molecule has 1 aromatic rings. The summed E-state index contributed by atoms with van der Waals surface area (Å²) in [6.07, 6.45) is 3.64. The van der Waals surface area contributed by atoms with Crippen molar-refractivity contribution in [2.75, 3.05) is 18.0 Å². The normalized spacial score (nSPS) is 18.8. The molecule has 0 aromatic carbocycles. The highest BCUT2D eigenvalue weighted by atomic mass is 19.1. The van der Waals surface area contributed by atoms with E-state index in [-0.39, 0.29) is 5.92 Å². The van der Waals surface area contributed by atoms with Gasteiger partial charge in [0.2, 0.25) is 0 Å². The molecule has 0 bridgehead atoms. The molecule has 2 rings (SSSR count). The molecule has 88 valence electrons. The predicted octanol–water partition coefficient (Wildman–Crippen LogP) is 3.05. The van der Waals surface area contributed by atoms with Gasteiger partial charge in [-0.05, 0) is 44.7 Å². The standard InChI is InChI=1S/C13H19FN2/c1-13(2,14)11-6-9-16(10-7-11)12-5-3-4-8-15-12/h3-5,8,11H,6-7,9-10H2,1-2H3. The van der Waals surface area contributed by atoms with Crippen molar-refractivity contribution in [2.45, 2.75) is 32.4 Å². The Morgan fingerprint density at radius 1 is 1.31 bits per heavy atom. The minimum absolute atomic E-state index is 0.187. The number of aromatic nitrogens is 1. The topological polar surface area (TPSA) is 16.1 Å². The van der Waals surface area contributed by atoms with Crippen LogP contribution in [0.15, 0.2) is 24.4 Å². The summed E-state index contributed by atoms with van der Waals surface area (Å²) in [5, 5.41) is 0. The van der Waals surface area contributed by atoms with Crippen molar-refractivity contribution in [3.05, 3.63) is 24.4 Å². The Morgan fingerprint density at radius 2 is 2.00 bits per heavy atom. The van der Waals surface area contributed by atoms with Crippen LogP contribution in [-0.2, 0) is 0 Å². The molecule has 1 aromatic heterocycles. The van der Waals surface area contributed by atoms with Crippen LogP contribution in [0.25, 0.3) is 0 Å². The van der Waals surface area contributed by atoms with E-state index in [1.165, 1.54) is 0 Å². The average molecular weight is 222 g/mol. The third-order valence-electron chi connectivity index (χ3n) is 3.44. The van der Waals surface area contributed by atoms with Gasteiger partial charge in [-0.1, -0.05) is 6.07 Å². The molecule has 2 nitrogen and oxygen atoms in total. The molecule has 1 aliphatic heterocycles. The Bertz CT molecular complexity index is 324. The largest absolute Gasteiger partial charge is 0.357 e. The SMILES string of the molecule is CC(C)(F)C1CCN(c2ccccn2)CC1. The van der Waals surface area contributed by atoms with Gasteiger partial charge in [0.15, 0.2) is 0 Å². The predicted molar refractivity (Wildman–Crippen MR) is 64.4 cm³/mol. The van der Waals surface area contributed by atoms with E-state index in [0.717, 1.165) is 31.7 Å². The van der Waals surface area contributed by atoms with Gasteiger partial charge in [-0.25, -0.2) is 9.37 Å². The first-order chi connectivity index (χ1) is 7.57. The van der Waals surface area contributed by atoms with Gasteiger partial charge in [0.05, 0.1) is 0 Å². The third kappa shape index (κ3) is 2.52. The van der Waals surface area contributed by atoms with Gasteiger partial charge in [-0.15, -0.1) is 0 Å². The Morgan fingerprint density at radius 3 is 2.50 bits per heavy atom. The zero-order valence-corrected chi connectivity index (χ0v) is 9.99. The van der Waals surface area contributed by atoms with Crippen LogP contribution < -0.4 is 4.90 Å². The number of hydrogen-bond acceptors (Lipinski definition) is 2. The number of piperidine rings is 1. The van der Waals surface area contributed by atoms with Crippen LogP contribution in [0.4, 0.5) is 10.2 Å². The van der Waals surface area contributed by atoms with Crippen LogP contribution >= 0.6 is 0 Å². The zero-order valence-electron chi connectivity index (χ0n) is 9.99. The molecule has 1 fully saturated rings. The van der Waals surface area contributed by atoms with Gasteiger partial charge in [0, 0.05) is 19.3 Å². The molecular weight excluding hydrogens is 203 g/mol. The molecule has 0 atom stereocenters. The van der Waals surface area contributed by atoms with Crippen molar-refractivity contribution >= 4 is 5.82 Å². The fourth-order valence-corrected chi connectivity index (χ4v) is 2.34. The Hall–Kier alpha value is -1.12. The number of pyridine rings is 1. The second kappa shape index (κ2) is 4.40. The summed E-state index contributed by atoms with van der Waals surface area (Å²) in [6, 6.07) is 5.93. The zero-order chi connectivity index (χ0) is 11.6. The first kappa shape index (κ1) is 11.4. The second-order valence-corrected chi connectivity index (χ2v) is 5.01. The van der Waals surface area contributed by atoms with Gasteiger partial charge in [-0.3, -0.25) is 0 Å². The van der Waals surface area contributed by atoms with E-state index in [4.69, 9.17) is 0 Å². The van der Waals surface area contributed by atoms with E-state index in [1.54, 1.807) is 20.0 Å². The maximum absolute atomic E-state index is 13.8. The Kier molecular flexibility index (Phi) is 3.13. The molecule has 1 aliphatic rings. The molecule has 0 aliphatic carbocycles. The van der Waals surface area contributed by atoms with E-state index in [1.807, 2.05) is 18.2 Å². The number of hydrogen-bond donors (Lipinski definition) is 0. The van der Waals surface area contributed by atoms with E-state index >= 15 is 0 Å². The van der Waals surface area contributed by atoms with Gasteiger partial charge < -0.3 is 4.90 Å². The van der Waals surface area contributed by atoms with E-state index in [2.05, 4.69) is 9.88 Å². The minimum atomic E-state index is -1.05. The highest BCUT2D eigenvalue weighted by Gasteiger charge is 2.32. The molecular formula is C13H19FN2. The summed E-state index contributed by atoms with van der Waals surface area (Å²) in [6.45, 7) is 5.20. The fraction of sp³-hybridized carbons (Fsp3) is 0.615. The maximum atomic E-state index is 13.8. The summed E-state index contributed by atoms with van der Waals surface area (Å²) in [7, 11) is 0. The van der Waals surface area contributed by atoms with Crippen LogP contribution in [0.3, 0.4) is 0 Å². The van der Waals surface area contributed by atoms with Crippen molar-refractivity contribution in [1.82, 2.24) is 4.98 Å². The van der Waals surface area contributed by atoms with Crippen molar-refractivity contribution in [2.24, 2.45) is 5.92 Å². The number of anilines is 1. The summed E-state index contributed by atoms with van der Waals surface area (Å²) in [5.74, 6) is 1.20. The van der Waals surface area contributed by atoms with Crippen LogP contribution in [0.5, 0.6) is 0 Å². The van der Waals surface area contributed by atoms with Crippen molar-refractivity contribution in [3.63, 3.8) is 0 Å². The van der Waals surface area contributed by atoms with Crippen molar-refractivity contribution in [1.29, 1.82) is 0 Å². The molecule has 0 spiro atoms. The van der Waals surface area contributed by atoms with E-state index < -0.39 is 5.67 Å². The lowest BCUT2D eigenvalue weighted by atomic mass is 9.84. The summed E-state index contributed by atoms with van der Waals surface area (Å²) >= 11 is 0. The summed E-state index contributed by atoms with van der Waals surface area (Å²) in [5.41, 5.74) is -1.05. The Balaban J connectivity index is 1.96. The second-order valence-electron chi connectivity index (χ2n) is 5.01. The summed E-state index contributed by atoms with van der Waals surface area (Å²) in [4.78, 5) is 6.56. The average Bonchev–Trinajstić information content (AvgIpc) is 2.29. The van der Waals surface area contributed by atoms with Gasteiger partial charge in [0.1, 0.15) is 11.5 Å². The molecule has 3 heteroatoms. The minimum Gasteiger partial charge on any atom is -0.357 e. The van der Waals surface area contributed by atoms with Gasteiger partial charge in [-0.2, -0.15) is 0 Å². The highest BCUT2D eigenvalue weighted by Crippen LogP contribution is 2.31. The van der Waals surface area contributed by atoms with Crippen molar-refractivity contribution < 1.29 is 4.39 Å². The van der Waals surface area contributed by atoms with Gasteiger partial charge in [0.25, 0.3) is 0 Å². The highest BCUT2D eigenvalue weighted by molar-refractivity contribution is 5.38. The molecule has 0 unspecified atom stereocenters. The number of alkyl halides is 1. The van der Waals surface area contributed by atoms with Crippen LogP contribution in [0.1, 0.15) is 26.7 Å². The van der Waals surface area contributed by atoms with Crippen LogP contribution in [0.2, 0.25) is 0 Å². The fourth-order valence-electron chi connectivity index (χ4n) is 2.34. The lowest BCUT2D eigenvalue weighted by Crippen LogP contribution is -2.40. The van der Waals surface area contributed by atoms with Crippen molar-refractivity contribution in [3.8, 4) is 0 Å². The number of rotatable bonds is 2. The molecule has 2 heterocycles. The van der Waals surface area contributed by atoms with Crippen LogP contribution in [-0.4, -0.2) is 23.7 Å². The maximum Gasteiger partial charge on any atom is 0.128 e. The lowest BCUT2D eigenvalue weighted by Gasteiger charge is -2.37. The number of halogens is 1. The van der Waals surface area contributed by atoms with Gasteiger partial charge >= 0.3 is 0 Å². The quantitative estimate of drug-likeness (QED) is 0.764. The van der Waals surface area contributed by atoms with E-state index in [0.29, 0.717) is 0 Å². The smallest absolute Gasteiger partial charge is 0.128 e. The summed E-state index contributed by atoms with van der Waals surface area (Å²) < 4.78 is 13.8. The molecule has 0 radical (unpaired) electrons. The first-order valence-corrected chi connectivity index (χ1v) is 5.92. The Labute approximate surface area is 96.5 Å². The first-order valence-electron chi connectivity index (χ1n) is 5.92. The molecule has 0 N–H and O–H groups in total. The molecule has 0 amide bonds. The third-order valence-corrected chi connectivity index (χ3v) is 3.44. The lowest BCUT2D eigenvalue weighted by molar-refractivity contribution is 0.104. The van der Waals surface area contributed by atoms with E-state index in [9.17, 15) is 4.39 Å². The molecule has 0 saturated carbocycles. The molecule has 1 saturated heterocycles. The number of nitrogens with zero attached hydrogens (tertiary/aromatic N) is 2. The molecule has 16 heavy (non-hydrogen) atoms. The monoisotopic (exact) mass is 222 g/mol. The van der Waals surface area contributed by atoms with Crippen LogP contribution in [0, 0.1) is 5.92 Å².